The number of rotatable bonds is 7. The minimum Gasteiger partial charge on any atom is -0.497 e. The van der Waals surface area contributed by atoms with Crippen LogP contribution in [0, 0.1) is 0 Å². The zero-order valence-corrected chi connectivity index (χ0v) is 9.56. The van der Waals surface area contributed by atoms with Gasteiger partial charge in [-0.15, -0.1) is 0 Å². The van der Waals surface area contributed by atoms with E-state index in [1.165, 1.54) is 0 Å². The zero-order valence-electron chi connectivity index (χ0n) is 9.56. The lowest BCUT2D eigenvalue weighted by molar-refractivity contribution is 0.0986. The fraction of sp³-hybridized carbons (Fsp3) is 0.500. The second kappa shape index (κ2) is 7.09. The lowest BCUT2D eigenvalue weighted by Gasteiger charge is -2.12. The van der Waals surface area contributed by atoms with Gasteiger partial charge < -0.3 is 20.3 Å². The fourth-order valence-electron chi connectivity index (χ4n) is 1.32. The first-order chi connectivity index (χ1) is 7.76. The first kappa shape index (κ1) is 12.8. The van der Waals surface area contributed by atoms with E-state index in [2.05, 4.69) is 0 Å². The van der Waals surface area contributed by atoms with Crippen LogP contribution >= 0.6 is 0 Å². The quantitative estimate of drug-likeness (QED) is 0.731. The maximum Gasteiger partial charge on any atom is 0.123 e. The molecule has 0 saturated carbocycles. The maximum atomic E-state index is 9.56. The molecule has 1 aromatic carbocycles. The van der Waals surface area contributed by atoms with Crippen molar-refractivity contribution in [3.63, 3.8) is 0 Å². The Bertz CT molecular complexity index is 304. The molecule has 0 radical (unpaired) electrons. The summed E-state index contributed by atoms with van der Waals surface area (Å²) in [6.45, 7) is 0.878. The number of aliphatic hydroxyl groups is 1. The molecule has 3 N–H and O–H groups in total. The normalized spacial score (nSPS) is 12.2. The molecule has 1 rings (SSSR count). The molecule has 0 aliphatic rings. The molecule has 0 saturated heterocycles. The van der Waals surface area contributed by atoms with Crippen LogP contribution in [0.4, 0.5) is 0 Å². The molecule has 0 aromatic heterocycles. The standard InChI is InChI=1S/C12H19NO3/c1-15-11-5-2-6-12(8-11)16-9-10(14)4-3-7-13/h2,5-6,8,10,14H,3-4,7,9,13H2,1H3. The van der Waals surface area contributed by atoms with Crippen molar-refractivity contribution in [2.24, 2.45) is 5.73 Å². The van der Waals surface area contributed by atoms with E-state index in [0.717, 1.165) is 12.2 Å². The largest absolute Gasteiger partial charge is 0.497 e. The summed E-state index contributed by atoms with van der Waals surface area (Å²) >= 11 is 0. The molecule has 0 bridgehead atoms. The third-order valence-corrected chi connectivity index (χ3v) is 2.23. The smallest absolute Gasteiger partial charge is 0.123 e. The average Bonchev–Trinajstić information content (AvgIpc) is 2.34. The van der Waals surface area contributed by atoms with E-state index in [-0.39, 0.29) is 6.61 Å². The van der Waals surface area contributed by atoms with Crippen LogP contribution in [0.2, 0.25) is 0 Å². The number of ether oxygens (including phenoxy) is 2. The Balaban J connectivity index is 2.35. The van der Waals surface area contributed by atoms with Crippen LogP contribution in [-0.4, -0.2) is 31.5 Å². The highest BCUT2D eigenvalue weighted by molar-refractivity contribution is 5.32. The summed E-state index contributed by atoms with van der Waals surface area (Å²) in [5.41, 5.74) is 5.35. The number of benzene rings is 1. The summed E-state index contributed by atoms with van der Waals surface area (Å²) < 4.78 is 10.5. The Morgan fingerprint density at radius 1 is 1.38 bits per heavy atom. The predicted molar refractivity (Wildman–Crippen MR) is 62.8 cm³/mol. The molecule has 1 aromatic rings. The van der Waals surface area contributed by atoms with Gasteiger partial charge in [0.25, 0.3) is 0 Å². The molecule has 0 heterocycles. The Morgan fingerprint density at radius 3 is 2.81 bits per heavy atom. The van der Waals surface area contributed by atoms with Gasteiger partial charge in [-0.05, 0) is 31.5 Å². The molecule has 0 amide bonds. The van der Waals surface area contributed by atoms with Gasteiger partial charge in [-0.1, -0.05) is 6.07 Å². The van der Waals surface area contributed by atoms with Gasteiger partial charge in [0.1, 0.15) is 18.1 Å². The van der Waals surface area contributed by atoms with Crippen molar-refractivity contribution < 1.29 is 14.6 Å². The van der Waals surface area contributed by atoms with Crippen LogP contribution in [0.5, 0.6) is 11.5 Å². The van der Waals surface area contributed by atoms with Gasteiger partial charge in [-0.25, -0.2) is 0 Å². The summed E-state index contributed by atoms with van der Waals surface area (Å²) in [6, 6.07) is 7.31. The second-order valence-corrected chi connectivity index (χ2v) is 3.57. The molecule has 4 heteroatoms. The molecular formula is C12H19NO3. The molecule has 90 valence electrons. The topological polar surface area (TPSA) is 64.7 Å². The van der Waals surface area contributed by atoms with E-state index >= 15 is 0 Å². The molecular weight excluding hydrogens is 206 g/mol. The summed E-state index contributed by atoms with van der Waals surface area (Å²) in [6.07, 6.45) is 1.01. The number of aliphatic hydroxyl groups excluding tert-OH is 1. The number of hydrogen-bond acceptors (Lipinski definition) is 4. The van der Waals surface area contributed by atoms with Gasteiger partial charge in [0, 0.05) is 6.07 Å². The monoisotopic (exact) mass is 225 g/mol. The number of methoxy groups -OCH3 is 1. The van der Waals surface area contributed by atoms with Gasteiger partial charge in [0.05, 0.1) is 13.2 Å². The number of nitrogens with two attached hydrogens (primary N) is 1. The van der Waals surface area contributed by atoms with Crippen molar-refractivity contribution in [3.8, 4) is 11.5 Å². The van der Waals surface area contributed by atoms with Gasteiger partial charge in [-0.3, -0.25) is 0 Å². The van der Waals surface area contributed by atoms with Gasteiger partial charge in [0.2, 0.25) is 0 Å². The maximum absolute atomic E-state index is 9.56. The third kappa shape index (κ3) is 4.51. The van der Waals surface area contributed by atoms with Crippen LogP contribution < -0.4 is 15.2 Å². The Labute approximate surface area is 96.0 Å². The van der Waals surface area contributed by atoms with E-state index in [0.29, 0.717) is 18.7 Å². The van der Waals surface area contributed by atoms with Crippen molar-refractivity contribution in [1.29, 1.82) is 0 Å². The average molecular weight is 225 g/mol. The first-order valence-electron chi connectivity index (χ1n) is 5.41. The minimum absolute atomic E-state index is 0.285. The SMILES string of the molecule is COc1cccc(OCC(O)CCCN)c1. The van der Waals surface area contributed by atoms with Crippen LogP contribution in [0.3, 0.4) is 0 Å². The zero-order chi connectivity index (χ0) is 11.8. The minimum atomic E-state index is -0.463. The molecule has 16 heavy (non-hydrogen) atoms. The van der Waals surface area contributed by atoms with Crippen molar-refractivity contribution in [1.82, 2.24) is 0 Å². The van der Waals surface area contributed by atoms with E-state index < -0.39 is 6.10 Å². The van der Waals surface area contributed by atoms with Crippen molar-refractivity contribution in [2.45, 2.75) is 18.9 Å². The predicted octanol–water partition coefficient (Wildman–Crippen LogP) is 1.17. The molecule has 0 spiro atoms. The number of hydrogen-bond donors (Lipinski definition) is 2. The summed E-state index contributed by atoms with van der Waals surface area (Å²) in [5, 5.41) is 9.56. The van der Waals surface area contributed by atoms with Crippen LogP contribution in [0.25, 0.3) is 0 Å². The van der Waals surface area contributed by atoms with Gasteiger partial charge in [-0.2, -0.15) is 0 Å². The van der Waals surface area contributed by atoms with E-state index in [1.807, 2.05) is 18.2 Å². The van der Waals surface area contributed by atoms with E-state index in [4.69, 9.17) is 15.2 Å². The van der Waals surface area contributed by atoms with Crippen LogP contribution in [0.15, 0.2) is 24.3 Å². The first-order valence-corrected chi connectivity index (χ1v) is 5.41. The highest BCUT2D eigenvalue weighted by atomic mass is 16.5. The molecule has 1 unspecified atom stereocenters. The van der Waals surface area contributed by atoms with Crippen molar-refractivity contribution in [3.05, 3.63) is 24.3 Å². The van der Waals surface area contributed by atoms with Crippen LogP contribution in [-0.2, 0) is 0 Å². The van der Waals surface area contributed by atoms with E-state index in [9.17, 15) is 5.11 Å². The molecule has 4 nitrogen and oxygen atoms in total. The van der Waals surface area contributed by atoms with Gasteiger partial charge >= 0.3 is 0 Å². The summed E-state index contributed by atoms with van der Waals surface area (Å²) in [5.74, 6) is 1.44. The highest BCUT2D eigenvalue weighted by Crippen LogP contribution is 2.19. The Morgan fingerprint density at radius 2 is 2.12 bits per heavy atom. The lowest BCUT2D eigenvalue weighted by Crippen LogP contribution is -2.18. The second-order valence-electron chi connectivity index (χ2n) is 3.57. The fourth-order valence-corrected chi connectivity index (χ4v) is 1.32. The van der Waals surface area contributed by atoms with Crippen molar-refractivity contribution >= 4 is 0 Å². The van der Waals surface area contributed by atoms with Gasteiger partial charge in [0.15, 0.2) is 0 Å². The van der Waals surface area contributed by atoms with Crippen molar-refractivity contribution in [2.75, 3.05) is 20.3 Å². The molecule has 0 aliphatic heterocycles. The lowest BCUT2D eigenvalue weighted by atomic mass is 10.2. The summed E-state index contributed by atoms with van der Waals surface area (Å²) in [4.78, 5) is 0. The summed E-state index contributed by atoms with van der Waals surface area (Å²) in [7, 11) is 1.61. The molecule has 1 atom stereocenters. The Hall–Kier alpha value is -1.26. The molecule has 0 fully saturated rings. The molecule has 0 aliphatic carbocycles. The Kier molecular flexibility index (Phi) is 5.67. The van der Waals surface area contributed by atoms with Crippen LogP contribution in [0.1, 0.15) is 12.8 Å². The highest BCUT2D eigenvalue weighted by Gasteiger charge is 2.04. The third-order valence-electron chi connectivity index (χ3n) is 2.23. The van der Waals surface area contributed by atoms with E-state index in [1.54, 1.807) is 13.2 Å².